The van der Waals surface area contributed by atoms with E-state index < -0.39 is 0 Å². The monoisotopic (exact) mass is 361 g/mol. The third kappa shape index (κ3) is 3.35. The Hall–Kier alpha value is -3.02. The molecule has 0 aliphatic heterocycles. The molecule has 27 heavy (non-hydrogen) atoms. The highest BCUT2D eigenvalue weighted by molar-refractivity contribution is 6.03. The highest BCUT2D eigenvalue weighted by Crippen LogP contribution is 2.33. The van der Waals surface area contributed by atoms with Gasteiger partial charge >= 0.3 is 0 Å². The predicted octanol–water partition coefficient (Wildman–Crippen LogP) is 4.10. The highest BCUT2D eigenvalue weighted by Gasteiger charge is 2.31. The lowest BCUT2D eigenvalue weighted by molar-refractivity contribution is 0.0953. The number of Topliss-reactive ketones (excluding diaryl/α,β-unsaturated/α-hetero) is 1. The van der Waals surface area contributed by atoms with Gasteiger partial charge in [-0.3, -0.25) is 4.79 Å². The van der Waals surface area contributed by atoms with Crippen LogP contribution in [0.5, 0.6) is 0 Å². The molecule has 0 amide bonds. The van der Waals surface area contributed by atoms with Crippen LogP contribution in [0.3, 0.4) is 0 Å². The fourth-order valence-corrected chi connectivity index (χ4v) is 3.58. The fraction of sp³-hybridized carbons (Fsp3) is 0.333. The van der Waals surface area contributed by atoms with E-state index in [-0.39, 0.29) is 11.7 Å². The van der Waals surface area contributed by atoms with Gasteiger partial charge in [-0.25, -0.2) is 14.6 Å². The lowest BCUT2D eigenvalue weighted by Gasteiger charge is -2.19. The van der Waals surface area contributed by atoms with Crippen molar-refractivity contribution in [2.45, 2.75) is 40.5 Å². The van der Waals surface area contributed by atoms with Gasteiger partial charge in [0.05, 0.1) is 11.3 Å². The van der Waals surface area contributed by atoms with Gasteiger partial charge in [-0.1, -0.05) is 24.6 Å². The largest absolute Gasteiger partial charge is 0.338 e. The Labute approximate surface area is 158 Å². The molecule has 1 aromatic carbocycles. The molecule has 138 valence electrons. The first-order valence-corrected chi connectivity index (χ1v) is 9.22. The standard InChI is InChI=1S/C21H23N5O/c1-12-5-7-16(8-6-12)24-20-19-17(9-13(2)10-18(19)27)26(25-20)21-22-14(3)11-15(4)23-21/h5-8,11,13H,9-10H2,1-4H3,(H,24,25). The van der Waals surface area contributed by atoms with Gasteiger partial charge in [0.2, 0.25) is 0 Å². The summed E-state index contributed by atoms with van der Waals surface area (Å²) < 4.78 is 1.74. The van der Waals surface area contributed by atoms with Crippen molar-refractivity contribution in [1.82, 2.24) is 19.7 Å². The van der Waals surface area contributed by atoms with E-state index >= 15 is 0 Å². The second-order valence-electron chi connectivity index (χ2n) is 7.46. The van der Waals surface area contributed by atoms with Crippen LogP contribution in [0.4, 0.5) is 11.5 Å². The number of hydrogen-bond acceptors (Lipinski definition) is 5. The fourth-order valence-electron chi connectivity index (χ4n) is 3.58. The van der Waals surface area contributed by atoms with Crippen molar-refractivity contribution >= 4 is 17.3 Å². The third-order valence-electron chi connectivity index (χ3n) is 4.81. The molecule has 2 heterocycles. The maximum absolute atomic E-state index is 12.8. The number of ketones is 1. The van der Waals surface area contributed by atoms with Gasteiger partial charge in [0.25, 0.3) is 5.95 Å². The maximum atomic E-state index is 12.8. The van der Waals surface area contributed by atoms with Gasteiger partial charge in [-0.05, 0) is 51.3 Å². The van der Waals surface area contributed by atoms with E-state index in [0.717, 1.165) is 29.2 Å². The van der Waals surface area contributed by atoms with Gasteiger partial charge in [0.1, 0.15) is 0 Å². The van der Waals surface area contributed by atoms with Crippen molar-refractivity contribution in [3.8, 4) is 5.95 Å². The molecular weight excluding hydrogens is 338 g/mol. The minimum absolute atomic E-state index is 0.119. The molecule has 1 unspecified atom stereocenters. The summed E-state index contributed by atoms with van der Waals surface area (Å²) >= 11 is 0. The molecule has 1 aliphatic carbocycles. The predicted molar refractivity (Wildman–Crippen MR) is 105 cm³/mol. The number of anilines is 2. The summed E-state index contributed by atoms with van der Waals surface area (Å²) in [6.45, 7) is 8.01. The summed E-state index contributed by atoms with van der Waals surface area (Å²) in [5.74, 6) is 1.49. The number of benzene rings is 1. The van der Waals surface area contributed by atoms with E-state index in [4.69, 9.17) is 5.10 Å². The zero-order valence-electron chi connectivity index (χ0n) is 16.1. The molecule has 0 bridgehead atoms. The van der Waals surface area contributed by atoms with Crippen LogP contribution in [-0.2, 0) is 6.42 Å². The summed E-state index contributed by atoms with van der Waals surface area (Å²) in [6.07, 6.45) is 1.31. The third-order valence-corrected chi connectivity index (χ3v) is 4.81. The smallest absolute Gasteiger partial charge is 0.251 e. The lowest BCUT2D eigenvalue weighted by atomic mass is 9.88. The van der Waals surface area contributed by atoms with E-state index in [0.29, 0.717) is 23.8 Å². The molecule has 1 aliphatic rings. The SMILES string of the molecule is Cc1ccc(Nc2nn(-c3nc(C)cc(C)n3)c3c2C(=O)CC(C)C3)cc1. The number of carbonyl (C=O) groups excluding carboxylic acids is 1. The Morgan fingerprint density at radius 2 is 1.70 bits per heavy atom. The Kier molecular flexibility index (Phi) is 4.26. The molecule has 0 radical (unpaired) electrons. The molecule has 3 aromatic rings. The van der Waals surface area contributed by atoms with Crippen LogP contribution in [0.2, 0.25) is 0 Å². The first-order valence-electron chi connectivity index (χ1n) is 9.22. The molecule has 0 saturated carbocycles. The molecule has 4 rings (SSSR count). The van der Waals surface area contributed by atoms with E-state index in [1.807, 2.05) is 51.1 Å². The maximum Gasteiger partial charge on any atom is 0.251 e. The van der Waals surface area contributed by atoms with Crippen LogP contribution in [-0.4, -0.2) is 25.5 Å². The van der Waals surface area contributed by atoms with Gasteiger partial charge in [0, 0.05) is 23.5 Å². The van der Waals surface area contributed by atoms with Crippen LogP contribution >= 0.6 is 0 Å². The van der Waals surface area contributed by atoms with Crippen LogP contribution in [0, 0.1) is 26.7 Å². The summed E-state index contributed by atoms with van der Waals surface area (Å²) in [7, 11) is 0. The van der Waals surface area contributed by atoms with E-state index in [1.165, 1.54) is 5.56 Å². The summed E-state index contributed by atoms with van der Waals surface area (Å²) in [5.41, 5.74) is 5.40. The molecule has 6 nitrogen and oxygen atoms in total. The van der Waals surface area contributed by atoms with Gasteiger partial charge in [-0.2, -0.15) is 0 Å². The van der Waals surface area contributed by atoms with Crippen molar-refractivity contribution in [2.24, 2.45) is 5.92 Å². The van der Waals surface area contributed by atoms with Gasteiger partial charge < -0.3 is 5.32 Å². The Balaban J connectivity index is 1.85. The zero-order chi connectivity index (χ0) is 19.1. The minimum Gasteiger partial charge on any atom is -0.338 e. The molecule has 1 atom stereocenters. The van der Waals surface area contributed by atoms with E-state index in [1.54, 1.807) is 4.68 Å². The molecule has 0 spiro atoms. The number of carbonyl (C=O) groups is 1. The second kappa shape index (κ2) is 6.61. The highest BCUT2D eigenvalue weighted by atomic mass is 16.1. The minimum atomic E-state index is 0.119. The first kappa shape index (κ1) is 17.4. The number of rotatable bonds is 3. The molecule has 6 heteroatoms. The molecule has 2 aromatic heterocycles. The van der Waals surface area contributed by atoms with Crippen molar-refractivity contribution in [1.29, 1.82) is 0 Å². The quantitative estimate of drug-likeness (QED) is 0.760. The second-order valence-corrected chi connectivity index (χ2v) is 7.46. The number of aryl methyl sites for hydroxylation is 3. The normalized spacial score (nSPS) is 16.3. The van der Waals surface area contributed by atoms with E-state index in [9.17, 15) is 4.79 Å². The van der Waals surface area contributed by atoms with Gasteiger partial charge in [0.15, 0.2) is 11.6 Å². The van der Waals surface area contributed by atoms with Gasteiger partial charge in [-0.15, -0.1) is 5.10 Å². The van der Waals surface area contributed by atoms with E-state index in [2.05, 4.69) is 22.2 Å². The summed E-state index contributed by atoms with van der Waals surface area (Å²) in [5, 5.41) is 8.02. The Morgan fingerprint density at radius 1 is 1.04 bits per heavy atom. The molecule has 0 fully saturated rings. The van der Waals surface area contributed by atoms with Crippen LogP contribution in [0.1, 0.15) is 46.3 Å². The van der Waals surface area contributed by atoms with Crippen molar-refractivity contribution < 1.29 is 4.79 Å². The van der Waals surface area contributed by atoms with Crippen LogP contribution < -0.4 is 5.32 Å². The van der Waals surface area contributed by atoms with Crippen molar-refractivity contribution in [2.75, 3.05) is 5.32 Å². The van der Waals surface area contributed by atoms with Crippen molar-refractivity contribution in [3.63, 3.8) is 0 Å². The molecule has 1 N–H and O–H groups in total. The van der Waals surface area contributed by atoms with Crippen molar-refractivity contribution in [3.05, 3.63) is 58.5 Å². The lowest BCUT2D eigenvalue weighted by Crippen LogP contribution is -2.20. The average Bonchev–Trinajstić information content (AvgIpc) is 2.94. The van der Waals surface area contributed by atoms with Crippen LogP contribution in [0.15, 0.2) is 30.3 Å². The number of fused-ring (bicyclic) bond motifs is 1. The average molecular weight is 361 g/mol. The Morgan fingerprint density at radius 3 is 2.37 bits per heavy atom. The number of aromatic nitrogens is 4. The number of nitrogens with one attached hydrogen (secondary N) is 1. The first-order chi connectivity index (χ1) is 12.9. The molecule has 0 saturated heterocycles. The number of nitrogens with zero attached hydrogens (tertiary/aromatic N) is 4. The topological polar surface area (TPSA) is 72.7 Å². The summed E-state index contributed by atoms with van der Waals surface area (Å²) in [4.78, 5) is 21.9. The van der Waals surface area contributed by atoms with Crippen LogP contribution in [0.25, 0.3) is 5.95 Å². The molecular formula is C21H23N5O. The number of hydrogen-bond donors (Lipinski definition) is 1. The zero-order valence-corrected chi connectivity index (χ0v) is 16.1. The Bertz CT molecular complexity index is 1000. The summed E-state index contributed by atoms with van der Waals surface area (Å²) in [6, 6.07) is 9.97.